The van der Waals surface area contributed by atoms with Gasteiger partial charge in [-0.25, -0.2) is 0 Å². The molecule has 0 aliphatic heterocycles. The molecular formula is C17H36O4. The van der Waals surface area contributed by atoms with Gasteiger partial charge < -0.3 is 20.1 Å². The number of unbranched alkanes of at least 4 members (excludes halogenated alkanes) is 9. The van der Waals surface area contributed by atoms with Crippen LogP contribution in [0.4, 0.5) is 0 Å². The largest absolute Gasteiger partial charge is 0.394 e. The third-order valence-corrected chi connectivity index (χ3v) is 3.72. The van der Waals surface area contributed by atoms with Gasteiger partial charge >= 0.3 is 0 Å². The molecule has 4 nitrogen and oxygen atoms in total. The van der Waals surface area contributed by atoms with Crippen LogP contribution in [0.2, 0.25) is 0 Å². The van der Waals surface area contributed by atoms with Gasteiger partial charge in [0.25, 0.3) is 0 Å². The van der Waals surface area contributed by atoms with Crippen LogP contribution >= 0.6 is 0 Å². The van der Waals surface area contributed by atoms with E-state index in [1.54, 1.807) is 0 Å². The maximum absolute atomic E-state index is 9.69. The Bertz CT molecular complexity index is 199. The summed E-state index contributed by atoms with van der Waals surface area (Å²) in [5, 5.41) is 27.4. The maximum Gasteiger partial charge on any atom is 0.100 e. The first kappa shape index (κ1) is 20.8. The van der Waals surface area contributed by atoms with Crippen LogP contribution < -0.4 is 0 Å². The quantitative estimate of drug-likeness (QED) is 0.383. The zero-order valence-electron chi connectivity index (χ0n) is 13.8. The van der Waals surface area contributed by atoms with Crippen molar-refractivity contribution >= 4 is 0 Å². The van der Waals surface area contributed by atoms with Crippen LogP contribution in [-0.2, 0) is 4.74 Å². The summed E-state index contributed by atoms with van der Waals surface area (Å²) in [5.74, 6) is 0. The molecule has 4 heteroatoms. The molecule has 0 amide bonds. The van der Waals surface area contributed by atoms with E-state index in [-0.39, 0.29) is 19.8 Å². The Hall–Kier alpha value is -0.160. The molecule has 0 aliphatic carbocycles. The lowest BCUT2D eigenvalue weighted by molar-refractivity contribution is -0.0262. The summed E-state index contributed by atoms with van der Waals surface area (Å²) >= 11 is 0. The maximum atomic E-state index is 9.69. The second kappa shape index (κ2) is 16.2. The van der Waals surface area contributed by atoms with Gasteiger partial charge in [0.05, 0.1) is 25.9 Å². The van der Waals surface area contributed by atoms with Crippen molar-refractivity contribution in [2.75, 3.05) is 19.8 Å². The second-order valence-electron chi connectivity index (χ2n) is 6.00. The van der Waals surface area contributed by atoms with Crippen molar-refractivity contribution in [3.63, 3.8) is 0 Å². The summed E-state index contributed by atoms with van der Waals surface area (Å²) in [6, 6.07) is 0. The molecule has 0 spiro atoms. The van der Waals surface area contributed by atoms with Gasteiger partial charge in [0, 0.05) is 0 Å². The van der Waals surface area contributed by atoms with Crippen LogP contribution in [0.1, 0.15) is 77.6 Å². The van der Waals surface area contributed by atoms with Crippen molar-refractivity contribution in [3.05, 3.63) is 0 Å². The molecule has 0 heterocycles. The standard InChI is InChI=1S/C17H36O4/c1-2-3-4-5-6-7-8-9-10-11-12-16(19)14-21-15-17(20)13-18/h16-20H,2-15H2,1H3. The highest BCUT2D eigenvalue weighted by atomic mass is 16.5. The molecule has 0 aliphatic rings. The molecule has 0 aromatic rings. The predicted octanol–water partition coefficient (Wildman–Crippen LogP) is 3.03. The Morgan fingerprint density at radius 2 is 1.19 bits per heavy atom. The molecule has 0 radical (unpaired) electrons. The predicted molar refractivity (Wildman–Crippen MR) is 86.4 cm³/mol. The van der Waals surface area contributed by atoms with Crippen LogP contribution in [0.3, 0.4) is 0 Å². The molecule has 2 unspecified atom stereocenters. The van der Waals surface area contributed by atoms with E-state index in [0.29, 0.717) is 0 Å². The van der Waals surface area contributed by atoms with E-state index >= 15 is 0 Å². The molecule has 2 atom stereocenters. The van der Waals surface area contributed by atoms with Crippen molar-refractivity contribution in [1.82, 2.24) is 0 Å². The molecule has 0 rings (SSSR count). The minimum atomic E-state index is -0.838. The van der Waals surface area contributed by atoms with Gasteiger partial charge in [-0.3, -0.25) is 0 Å². The monoisotopic (exact) mass is 304 g/mol. The summed E-state index contributed by atoms with van der Waals surface area (Å²) in [4.78, 5) is 0. The summed E-state index contributed by atoms with van der Waals surface area (Å²) in [6.45, 7) is 2.28. The van der Waals surface area contributed by atoms with Crippen molar-refractivity contribution < 1.29 is 20.1 Å². The van der Waals surface area contributed by atoms with Crippen molar-refractivity contribution in [3.8, 4) is 0 Å². The van der Waals surface area contributed by atoms with E-state index in [0.717, 1.165) is 12.8 Å². The fourth-order valence-electron chi connectivity index (χ4n) is 2.34. The first-order valence-corrected chi connectivity index (χ1v) is 8.75. The summed E-state index contributed by atoms with van der Waals surface area (Å²) < 4.78 is 5.13. The Labute approximate surface area is 130 Å². The molecule has 21 heavy (non-hydrogen) atoms. The topological polar surface area (TPSA) is 69.9 Å². The SMILES string of the molecule is CCCCCCCCCCCCC(O)COCC(O)CO. The Morgan fingerprint density at radius 3 is 1.71 bits per heavy atom. The van der Waals surface area contributed by atoms with E-state index in [1.807, 2.05) is 0 Å². The van der Waals surface area contributed by atoms with Crippen LogP contribution in [0.15, 0.2) is 0 Å². The third-order valence-electron chi connectivity index (χ3n) is 3.72. The lowest BCUT2D eigenvalue weighted by atomic mass is 10.0. The lowest BCUT2D eigenvalue weighted by Crippen LogP contribution is -2.23. The van der Waals surface area contributed by atoms with Gasteiger partial charge in [0.15, 0.2) is 0 Å². The summed E-state index contributed by atoms with van der Waals surface area (Å²) in [7, 11) is 0. The lowest BCUT2D eigenvalue weighted by Gasteiger charge is -2.13. The number of aliphatic hydroxyl groups is 3. The minimum absolute atomic E-state index is 0.0889. The highest BCUT2D eigenvalue weighted by molar-refractivity contribution is 4.57. The van der Waals surface area contributed by atoms with Crippen LogP contribution in [-0.4, -0.2) is 47.3 Å². The number of hydrogen-bond donors (Lipinski definition) is 3. The molecule has 0 bridgehead atoms. The Kier molecular flexibility index (Phi) is 16.1. The minimum Gasteiger partial charge on any atom is -0.394 e. The Balaban J connectivity index is 3.16. The van der Waals surface area contributed by atoms with Crippen LogP contribution in [0.5, 0.6) is 0 Å². The van der Waals surface area contributed by atoms with Gasteiger partial charge in [0.1, 0.15) is 6.10 Å². The van der Waals surface area contributed by atoms with Gasteiger partial charge in [0.2, 0.25) is 0 Å². The van der Waals surface area contributed by atoms with Gasteiger partial charge in [-0.05, 0) is 6.42 Å². The van der Waals surface area contributed by atoms with E-state index in [1.165, 1.54) is 57.8 Å². The first-order chi connectivity index (χ1) is 10.2. The summed E-state index contributed by atoms with van der Waals surface area (Å²) in [5.41, 5.74) is 0. The second-order valence-corrected chi connectivity index (χ2v) is 6.00. The molecule has 0 saturated heterocycles. The first-order valence-electron chi connectivity index (χ1n) is 8.75. The molecular weight excluding hydrogens is 268 g/mol. The third kappa shape index (κ3) is 16.0. The van der Waals surface area contributed by atoms with Crippen molar-refractivity contribution in [2.45, 2.75) is 89.8 Å². The number of hydrogen-bond acceptors (Lipinski definition) is 4. The zero-order chi connectivity index (χ0) is 15.8. The fraction of sp³-hybridized carbons (Fsp3) is 1.00. The normalized spacial score (nSPS) is 14.3. The molecule has 128 valence electrons. The van der Waals surface area contributed by atoms with Crippen LogP contribution in [0.25, 0.3) is 0 Å². The summed E-state index contributed by atoms with van der Waals surface area (Å²) in [6.07, 6.45) is 12.4. The van der Waals surface area contributed by atoms with Crippen LogP contribution in [0, 0.1) is 0 Å². The number of rotatable bonds is 16. The molecule has 0 fully saturated rings. The Morgan fingerprint density at radius 1 is 0.714 bits per heavy atom. The number of aliphatic hydroxyl groups excluding tert-OH is 3. The highest BCUT2D eigenvalue weighted by Crippen LogP contribution is 2.12. The van der Waals surface area contributed by atoms with Gasteiger partial charge in [-0.2, -0.15) is 0 Å². The van der Waals surface area contributed by atoms with Gasteiger partial charge in [-0.15, -0.1) is 0 Å². The average molecular weight is 304 g/mol. The van der Waals surface area contributed by atoms with Crippen molar-refractivity contribution in [2.24, 2.45) is 0 Å². The van der Waals surface area contributed by atoms with E-state index in [2.05, 4.69) is 6.92 Å². The van der Waals surface area contributed by atoms with E-state index in [9.17, 15) is 5.11 Å². The smallest absolute Gasteiger partial charge is 0.100 e. The molecule has 0 saturated carbocycles. The van der Waals surface area contributed by atoms with E-state index in [4.69, 9.17) is 14.9 Å². The average Bonchev–Trinajstić information content (AvgIpc) is 2.49. The van der Waals surface area contributed by atoms with Crippen molar-refractivity contribution in [1.29, 1.82) is 0 Å². The zero-order valence-corrected chi connectivity index (χ0v) is 13.8. The fourth-order valence-corrected chi connectivity index (χ4v) is 2.34. The van der Waals surface area contributed by atoms with E-state index < -0.39 is 12.2 Å². The molecule has 0 aromatic heterocycles. The van der Waals surface area contributed by atoms with Gasteiger partial charge in [-0.1, -0.05) is 71.1 Å². The molecule has 3 N–H and O–H groups in total. The highest BCUT2D eigenvalue weighted by Gasteiger charge is 2.06. The number of ether oxygens (including phenoxy) is 1. The molecule has 0 aromatic carbocycles.